The summed E-state index contributed by atoms with van der Waals surface area (Å²) in [6.07, 6.45) is 8.29. The zero-order chi connectivity index (χ0) is 12.5. The number of fused-ring (bicyclic) bond motifs is 1. The monoisotopic (exact) mass is 240 g/mol. The molecule has 1 aliphatic rings. The van der Waals surface area contributed by atoms with Crippen LogP contribution in [-0.2, 0) is 6.42 Å². The topological polar surface area (TPSA) is 84.9 Å². The van der Waals surface area contributed by atoms with Crippen LogP contribution in [0.15, 0.2) is 24.8 Å². The van der Waals surface area contributed by atoms with Crippen LogP contribution in [0.4, 0.5) is 5.82 Å². The second-order valence-electron chi connectivity index (χ2n) is 4.22. The summed E-state index contributed by atoms with van der Waals surface area (Å²) in [4.78, 5) is 12.2. The van der Waals surface area contributed by atoms with E-state index in [2.05, 4.69) is 15.0 Å². The smallest absolute Gasteiger partial charge is 0.134 e. The Hall–Kier alpha value is -2.43. The summed E-state index contributed by atoms with van der Waals surface area (Å²) in [5.41, 5.74) is 9.70. The molecule has 3 rings (SSSR count). The van der Waals surface area contributed by atoms with Gasteiger partial charge < -0.3 is 10.8 Å². The van der Waals surface area contributed by atoms with E-state index in [4.69, 9.17) is 5.73 Å². The Kier molecular flexibility index (Phi) is 2.44. The van der Waals surface area contributed by atoms with Crippen molar-refractivity contribution in [2.45, 2.75) is 12.8 Å². The molecular formula is C13H12N4O. The van der Waals surface area contributed by atoms with Crippen LogP contribution in [0.25, 0.3) is 11.6 Å². The van der Waals surface area contributed by atoms with Gasteiger partial charge in [0.25, 0.3) is 0 Å². The lowest BCUT2D eigenvalue weighted by molar-refractivity contribution is 0.472. The van der Waals surface area contributed by atoms with Gasteiger partial charge in [0.1, 0.15) is 17.9 Å². The number of aromatic hydroxyl groups is 1. The lowest BCUT2D eigenvalue weighted by atomic mass is 9.92. The SMILES string of the molecule is Nc1ncnc2c1C=C(c1cncc(O)c1)CC2. The Labute approximate surface area is 104 Å². The second-order valence-corrected chi connectivity index (χ2v) is 4.22. The molecule has 90 valence electrons. The third-order valence-corrected chi connectivity index (χ3v) is 3.04. The lowest BCUT2D eigenvalue weighted by Gasteiger charge is -2.16. The molecule has 0 unspecified atom stereocenters. The molecule has 0 spiro atoms. The first-order valence-electron chi connectivity index (χ1n) is 5.68. The maximum absolute atomic E-state index is 9.45. The molecule has 0 aromatic carbocycles. The van der Waals surface area contributed by atoms with Crippen molar-refractivity contribution in [3.63, 3.8) is 0 Å². The standard InChI is InChI=1S/C13H12N4O/c14-13-11-4-8(1-2-12(11)16-7-17-13)9-3-10(18)6-15-5-9/h3-7,18H,1-2H2,(H2,14,16,17). The van der Waals surface area contributed by atoms with E-state index >= 15 is 0 Å². The van der Waals surface area contributed by atoms with Gasteiger partial charge >= 0.3 is 0 Å². The molecule has 0 atom stereocenters. The van der Waals surface area contributed by atoms with E-state index in [0.29, 0.717) is 5.82 Å². The molecule has 5 nitrogen and oxygen atoms in total. The van der Waals surface area contributed by atoms with Gasteiger partial charge in [0.15, 0.2) is 0 Å². The molecule has 0 radical (unpaired) electrons. The van der Waals surface area contributed by atoms with Crippen molar-refractivity contribution in [1.29, 1.82) is 0 Å². The number of rotatable bonds is 1. The molecule has 2 aromatic rings. The first-order chi connectivity index (χ1) is 8.74. The fourth-order valence-electron chi connectivity index (χ4n) is 2.13. The van der Waals surface area contributed by atoms with Gasteiger partial charge in [0, 0.05) is 11.8 Å². The number of hydrogen-bond acceptors (Lipinski definition) is 5. The second kappa shape index (κ2) is 4.10. The Balaban J connectivity index is 2.08. The molecule has 0 bridgehead atoms. The summed E-state index contributed by atoms with van der Waals surface area (Å²) >= 11 is 0. The highest BCUT2D eigenvalue weighted by molar-refractivity contribution is 5.86. The Bertz CT molecular complexity index is 637. The molecule has 0 fully saturated rings. The first kappa shape index (κ1) is 10.7. The van der Waals surface area contributed by atoms with Crippen LogP contribution in [0.5, 0.6) is 5.75 Å². The number of pyridine rings is 1. The van der Waals surface area contributed by atoms with Crippen LogP contribution in [0.2, 0.25) is 0 Å². The molecule has 5 heteroatoms. The van der Waals surface area contributed by atoms with Crippen molar-refractivity contribution in [3.8, 4) is 5.75 Å². The van der Waals surface area contributed by atoms with E-state index in [9.17, 15) is 5.11 Å². The minimum absolute atomic E-state index is 0.163. The predicted molar refractivity (Wildman–Crippen MR) is 68.5 cm³/mol. The third kappa shape index (κ3) is 1.79. The van der Waals surface area contributed by atoms with Gasteiger partial charge in [-0.1, -0.05) is 0 Å². The Morgan fingerprint density at radius 3 is 2.89 bits per heavy atom. The van der Waals surface area contributed by atoms with E-state index < -0.39 is 0 Å². The molecule has 0 saturated carbocycles. The molecule has 2 heterocycles. The van der Waals surface area contributed by atoms with Crippen molar-refractivity contribution in [2.75, 3.05) is 5.73 Å². The summed E-state index contributed by atoms with van der Waals surface area (Å²) in [6, 6.07) is 1.70. The van der Waals surface area contributed by atoms with E-state index in [0.717, 1.165) is 35.2 Å². The van der Waals surface area contributed by atoms with Gasteiger partial charge in [-0.25, -0.2) is 9.97 Å². The van der Waals surface area contributed by atoms with Crippen molar-refractivity contribution in [1.82, 2.24) is 15.0 Å². The van der Waals surface area contributed by atoms with Crippen LogP contribution in [0.1, 0.15) is 23.2 Å². The van der Waals surface area contributed by atoms with Crippen LogP contribution in [0, 0.1) is 0 Å². The molecule has 0 aliphatic heterocycles. The van der Waals surface area contributed by atoms with Crippen LogP contribution in [-0.4, -0.2) is 20.1 Å². The highest BCUT2D eigenvalue weighted by Crippen LogP contribution is 2.31. The fraction of sp³-hybridized carbons (Fsp3) is 0.154. The van der Waals surface area contributed by atoms with Crippen molar-refractivity contribution < 1.29 is 5.11 Å². The van der Waals surface area contributed by atoms with E-state index in [1.54, 1.807) is 12.3 Å². The van der Waals surface area contributed by atoms with E-state index in [1.165, 1.54) is 12.5 Å². The van der Waals surface area contributed by atoms with Crippen molar-refractivity contribution in [3.05, 3.63) is 41.6 Å². The van der Waals surface area contributed by atoms with Gasteiger partial charge in [0.05, 0.1) is 11.9 Å². The number of nitrogen functional groups attached to an aromatic ring is 1. The number of nitrogens with two attached hydrogens (primary N) is 1. The molecule has 0 amide bonds. The van der Waals surface area contributed by atoms with Gasteiger partial charge in [0.2, 0.25) is 0 Å². The number of nitrogens with zero attached hydrogens (tertiary/aromatic N) is 3. The van der Waals surface area contributed by atoms with Crippen molar-refractivity contribution in [2.24, 2.45) is 0 Å². The maximum atomic E-state index is 9.45. The van der Waals surface area contributed by atoms with Crippen molar-refractivity contribution >= 4 is 17.5 Å². The number of aryl methyl sites for hydroxylation is 1. The molecule has 18 heavy (non-hydrogen) atoms. The zero-order valence-electron chi connectivity index (χ0n) is 9.67. The Morgan fingerprint density at radius 1 is 1.17 bits per heavy atom. The number of allylic oxidation sites excluding steroid dienone is 1. The summed E-state index contributed by atoms with van der Waals surface area (Å²) < 4.78 is 0. The third-order valence-electron chi connectivity index (χ3n) is 3.04. The lowest BCUT2D eigenvalue weighted by Crippen LogP contribution is -2.06. The summed E-state index contributed by atoms with van der Waals surface area (Å²) in [5, 5.41) is 9.45. The highest BCUT2D eigenvalue weighted by Gasteiger charge is 2.15. The summed E-state index contributed by atoms with van der Waals surface area (Å²) in [6.45, 7) is 0. The molecule has 3 N–H and O–H groups in total. The minimum Gasteiger partial charge on any atom is -0.506 e. The number of hydrogen-bond donors (Lipinski definition) is 2. The quantitative estimate of drug-likeness (QED) is 0.791. The van der Waals surface area contributed by atoms with Gasteiger partial charge in [-0.2, -0.15) is 0 Å². The Morgan fingerprint density at radius 2 is 2.06 bits per heavy atom. The number of anilines is 1. The highest BCUT2D eigenvalue weighted by atomic mass is 16.3. The molecule has 0 saturated heterocycles. The van der Waals surface area contributed by atoms with Crippen LogP contribution < -0.4 is 5.73 Å². The van der Waals surface area contributed by atoms with E-state index in [1.807, 2.05) is 6.08 Å². The van der Waals surface area contributed by atoms with Gasteiger partial charge in [-0.15, -0.1) is 0 Å². The normalized spacial score (nSPS) is 13.9. The first-order valence-corrected chi connectivity index (χ1v) is 5.68. The van der Waals surface area contributed by atoms with Gasteiger partial charge in [-0.3, -0.25) is 4.98 Å². The van der Waals surface area contributed by atoms with Crippen LogP contribution >= 0.6 is 0 Å². The largest absolute Gasteiger partial charge is 0.506 e. The summed E-state index contributed by atoms with van der Waals surface area (Å²) in [5.74, 6) is 0.654. The fourth-order valence-corrected chi connectivity index (χ4v) is 2.13. The zero-order valence-corrected chi connectivity index (χ0v) is 9.67. The molecule has 2 aromatic heterocycles. The maximum Gasteiger partial charge on any atom is 0.134 e. The average Bonchev–Trinajstić information content (AvgIpc) is 2.39. The molecular weight excluding hydrogens is 228 g/mol. The minimum atomic E-state index is 0.163. The average molecular weight is 240 g/mol. The number of aromatic nitrogens is 3. The van der Waals surface area contributed by atoms with E-state index in [-0.39, 0.29) is 5.75 Å². The molecule has 1 aliphatic carbocycles. The predicted octanol–water partition coefficient (Wildman–Crippen LogP) is 1.65. The summed E-state index contributed by atoms with van der Waals surface area (Å²) in [7, 11) is 0. The van der Waals surface area contributed by atoms with Gasteiger partial charge in [-0.05, 0) is 36.1 Å². The van der Waals surface area contributed by atoms with Crippen LogP contribution in [0.3, 0.4) is 0 Å².